The highest BCUT2D eigenvalue weighted by atomic mass is 35.5. The molecule has 0 aliphatic heterocycles. The van der Waals surface area contributed by atoms with Crippen molar-refractivity contribution in [2.45, 2.75) is 12.8 Å². The van der Waals surface area contributed by atoms with Crippen LogP contribution in [0.15, 0.2) is 82.0 Å². The summed E-state index contributed by atoms with van der Waals surface area (Å²) >= 11 is 5.88. The molecule has 1 heterocycles. The van der Waals surface area contributed by atoms with E-state index in [9.17, 15) is 9.59 Å². The number of hydrogen-bond donors (Lipinski definition) is 1. The smallest absolute Gasteiger partial charge is 0.224 e. The van der Waals surface area contributed by atoms with Gasteiger partial charge >= 0.3 is 0 Å². The topological polar surface area (TPSA) is 68.5 Å². The Labute approximate surface area is 184 Å². The second kappa shape index (κ2) is 9.06. The molecule has 6 heteroatoms. The molecule has 156 valence electrons. The highest BCUT2D eigenvalue weighted by Gasteiger charge is 2.09. The molecule has 0 bridgehead atoms. The summed E-state index contributed by atoms with van der Waals surface area (Å²) in [4.78, 5) is 24.7. The van der Waals surface area contributed by atoms with E-state index < -0.39 is 0 Å². The fourth-order valence-electron chi connectivity index (χ4n) is 3.25. The lowest BCUT2D eigenvalue weighted by atomic mass is 10.1. The van der Waals surface area contributed by atoms with E-state index in [-0.39, 0.29) is 11.3 Å². The quantitative estimate of drug-likeness (QED) is 0.424. The largest absolute Gasteiger partial charge is 0.497 e. The Morgan fingerprint density at radius 2 is 1.74 bits per heavy atom. The lowest BCUT2D eigenvalue weighted by Crippen LogP contribution is -2.12. The minimum atomic E-state index is -0.144. The average molecular weight is 434 g/mol. The van der Waals surface area contributed by atoms with Gasteiger partial charge < -0.3 is 14.5 Å². The number of aryl methyl sites for hydroxylation is 1. The first kappa shape index (κ1) is 20.7. The molecular formula is C25H20ClNO4. The fraction of sp³-hybridized carbons (Fsp3) is 0.120. The number of rotatable bonds is 6. The van der Waals surface area contributed by atoms with Crippen LogP contribution in [0.25, 0.3) is 22.3 Å². The van der Waals surface area contributed by atoms with Crippen LogP contribution < -0.4 is 15.5 Å². The number of benzene rings is 3. The second-order valence-electron chi connectivity index (χ2n) is 7.09. The number of carbonyl (C=O) groups excluding carboxylic acids is 1. The molecule has 5 nitrogen and oxygen atoms in total. The maximum Gasteiger partial charge on any atom is 0.224 e. The summed E-state index contributed by atoms with van der Waals surface area (Å²) in [6.45, 7) is 0. The first-order valence-electron chi connectivity index (χ1n) is 9.78. The maximum absolute atomic E-state index is 12.5. The van der Waals surface area contributed by atoms with Crippen LogP contribution in [0.2, 0.25) is 5.02 Å². The second-order valence-corrected chi connectivity index (χ2v) is 7.53. The van der Waals surface area contributed by atoms with E-state index in [2.05, 4.69) is 5.32 Å². The zero-order valence-corrected chi connectivity index (χ0v) is 17.6. The minimum absolute atomic E-state index is 0.0751. The first-order chi connectivity index (χ1) is 15.0. The normalized spacial score (nSPS) is 10.8. The number of carbonyl (C=O) groups is 1. The molecule has 3 aromatic carbocycles. The summed E-state index contributed by atoms with van der Waals surface area (Å²) in [5.74, 6) is 0.987. The molecular weight excluding hydrogens is 414 g/mol. The van der Waals surface area contributed by atoms with Crippen LogP contribution in [0.3, 0.4) is 0 Å². The molecule has 0 aliphatic carbocycles. The molecule has 0 saturated carbocycles. The molecule has 0 unspecified atom stereocenters. The number of ether oxygens (including phenoxy) is 1. The average Bonchev–Trinajstić information content (AvgIpc) is 2.79. The minimum Gasteiger partial charge on any atom is -0.497 e. The summed E-state index contributed by atoms with van der Waals surface area (Å²) in [6, 6.07) is 21.2. The Morgan fingerprint density at radius 3 is 2.45 bits per heavy atom. The number of methoxy groups -OCH3 is 1. The third kappa shape index (κ3) is 4.95. The zero-order valence-electron chi connectivity index (χ0n) is 16.9. The van der Waals surface area contributed by atoms with Gasteiger partial charge in [-0.1, -0.05) is 23.7 Å². The van der Waals surface area contributed by atoms with Crippen LogP contribution in [0, 0.1) is 0 Å². The lowest BCUT2D eigenvalue weighted by molar-refractivity contribution is -0.116. The van der Waals surface area contributed by atoms with Crippen molar-refractivity contribution in [1.82, 2.24) is 0 Å². The summed E-state index contributed by atoms with van der Waals surface area (Å²) < 4.78 is 11.1. The van der Waals surface area contributed by atoms with Gasteiger partial charge in [0.25, 0.3) is 0 Å². The molecule has 0 radical (unpaired) electrons. The van der Waals surface area contributed by atoms with Gasteiger partial charge in [0.1, 0.15) is 17.1 Å². The molecule has 1 N–H and O–H groups in total. The van der Waals surface area contributed by atoms with Gasteiger partial charge in [-0.15, -0.1) is 0 Å². The van der Waals surface area contributed by atoms with Gasteiger partial charge in [0.05, 0.1) is 12.5 Å². The van der Waals surface area contributed by atoms with Crippen molar-refractivity contribution in [3.8, 4) is 17.1 Å². The van der Waals surface area contributed by atoms with Gasteiger partial charge in [-0.3, -0.25) is 9.59 Å². The molecule has 4 aromatic rings. The van der Waals surface area contributed by atoms with E-state index in [1.165, 1.54) is 6.07 Å². The number of fused-ring (bicyclic) bond motifs is 1. The summed E-state index contributed by atoms with van der Waals surface area (Å²) in [7, 11) is 1.55. The third-order valence-corrected chi connectivity index (χ3v) is 5.19. The van der Waals surface area contributed by atoms with Crippen molar-refractivity contribution in [2.24, 2.45) is 0 Å². The molecule has 0 aliphatic rings. The molecule has 0 saturated heterocycles. The van der Waals surface area contributed by atoms with Gasteiger partial charge in [-0.25, -0.2) is 0 Å². The van der Waals surface area contributed by atoms with E-state index in [1.807, 2.05) is 36.4 Å². The maximum atomic E-state index is 12.5. The molecule has 4 rings (SSSR count). The Balaban J connectivity index is 1.44. The Bertz CT molecular complexity index is 1280. The summed E-state index contributed by atoms with van der Waals surface area (Å²) in [6.07, 6.45) is 1.00. The van der Waals surface area contributed by atoms with Crippen molar-refractivity contribution in [3.63, 3.8) is 0 Å². The summed E-state index contributed by atoms with van der Waals surface area (Å²) in [5.41, 5.74) is 2.82. The highest BCUT2D eigenvalue weighted by molar-refractivity contribution is 6.30. The molecule has 31 heavy (non-hydrogen) atoms. The molecule has 0 fully saturated rings. The molecule has 1 aromatic heterocycles. The van der Waals surface area contributed by atoms with E-state index in [0.717, 1.165) is 11.1 Å². The van der Waals surface area contributed by atoms with Crippen molar-refractivity contribution in [3.05, 3.63) is 93.6 Å². The Hall–Kier alpha value is -3.57. The van der Waals surface area contributed by atoms with E-state index in [4.69, 9.17) is 20.8 Å². The molecule has 0 atom stereocenters. The van der Waals surface area contributed by atoms with Gasteiger partial charge in [0.15, 0.2) is 5.43 Å². The standard InChI is InChI=1S/C25H20ClNO4/c1-30-20-11-12-23-21(14-20)22(28)15-24(31-23)17-5-9-19(10-6-17)27-25(29)13-4-16-2-7-18(26)8-3-16/h2-3,5-12,14-15H,4,13H2,1H3,(H,27,29). The fourth-order valence-corrected chi connectivity index (χ4v) is 3.38. The number of nitrogens with one attached hydrogen (secondary N) is 1. The van der Waals surface area contributed by atoms with Crippen molar-refractivity contribution in [1.29, 1.82) is 0 Å². The predicted molar refractivity (Wildman–Crippen MR) is 123 cm³/mol. The Kier molecular flexibility index (Phi) is 6.05. The summed E-state index contributed by atoms with van der Waals surface area (Å²) in [5, 5.41) is 4.03. The lowest BCUT2D eigenvalue weighted by Gasteiger charge is -2.08. The highest BCUT2D eigenvalue weighted by Crippen LogP contribution is 2.25. The Morgan fingerprint density at radius 1 is 1.00 bits per heavy atom. The molecule has 0 spiro atoms. The van der Waals surface area contributed by atoms with Crippen LogP contribution in [0.5, 0.6) is 5.75 Å². The zero-order chi connectivity index (χ0) is 21.8. The van der Waals surface area contributed by atoms with E-state index >= 15 is 0 Å². The van der Waals surface area contributed by atoms with E-state index in [1.54, 1.807) is 37.4 Å². The first-order valence-corrected chi connectivity index (χ1v) is 10.2. The molecule has 1 amide bonds. The number of amides is 1. The number of hydrogen-bond acceptors (Lipinski definition) is 4. The van der Waals surface area contributed by atoms with E-state index in [0.29, 0.717) is 46.0 Å². The van der Waals surface area contributed by atoms with Crippen molar-refractivity contribution >= 4 is 34.2 Å². The van der Waals surface area contributed by atoms with Crippen molar-refractivity contribution in [2.75, 3.05) is 12.4 Å². The number of halogens is 1. The van der Waals surface area contributed by atoms with Gasteiger partial charge in [0.2, 0.25) is 5.91 Å². The van der Waals surface area contributed by atoms with Gasteiger partial charge in [-0.2, -0.15) is 0 Å². The van der Waals surface area contributed by atoms with Crippen LogP contribution in [-0.4, -0.2) is 13.0 Å². The third-order valence-electron chi connectivity index (χ3n) is 4.94. The van der Waals surface area contributed by atoms with Gasteiger partial charge in [0, 0.05) is 28.8 Å². The monoisotopic (exact) mass is 433 g/mol. The van der Waals surface area contributed by atoms with Crippen LogP contribution in [-0.2, 0) is 11.2 Å². The number of anilines is 1. The SMILES string of the molecule is COc1ccc2oc(-c3ccc(NC(=O)CCc4ccc(Cl)cc4)cc3)cc(=O)c2c1. The van der Waals surface area contributed by atoms with Gasteiger partial charge in [-0.05, 0) is 66.6 Å². The van der Waals surface area contributed by atoms with Crippen LogP contribution >= 0.6 is 11.6 Å². The van der Waals surface area contributed by atoms with Crippen LogP contribution in [0.4, 0.5) is 5.69 Å². The van der Waals surface area contributed by atoms with Crippen molar-refractivity contribution < 1.29 is 13.9 Å². The van der Waals surface area contributed by atoms with Crippen LogP contribution in [0.1, 0.15) is 12.0 Å². The predicted octanol–water partition coefficient (Wildman–Crippen LogP) is 5.69.